The first kappa shape index (κ1) is 28.4. The Hall–Kier alpha value is -3.17. The van der Waals surface area contributed by atoms with E-state index in [1.807, 2.05) is 0 Å². The number of benzene rings is 1. The normalized spacial score (nSPS) is 31.3. The van der Waals surface area contributed by atoms with Crippen LogP contribution in [0.2, 0.25) is 0 Å². The van der Waals surface area contributed by atoms with E-state index in [2.05, 4.69) is 5.32 Å². The van der Waals surface area contributed by atoms with Crippen LogP contribution in [-0.2, 0) is 43.3 Å². The fourth-order valence-electron chi connectivity index (χ4n) is 5.69. The van der Waals surface area contributed by atoms with Gasteiger partial charge in [0.05, 0.1) is 11.2 Å². The lowest BCUT2D eigenvalue weighted by atomic mass is 9.95. The summed E-state index contributed by atoms with van der Waals surface area (Å²) in [6, 6.07) is 4.45. The summed E-state index contributed by atoms with van der Waals surface area (Å²) in [6.07, 6.45) is -0.191. The Kier molecular flexibility index (Phi) is 6.70. The van der Waals surface area contributed by atoms with Gasteiger partial charge in [-0.3, -0.25) is 14.4 Å². The third-order valence-corrected chi connectivity index (χ3v) is 12.4. The molecule has 216 valence electrons. The number of nitrogens with one attached hydrogen (secondary N) is 1. The molecule has 0 saturated carbocycles. The van der Waals surface area contributed by atoms with E-state index >= 15 is 0 Å². The van der Waals surface area contributed by atoms with Crippen molar-refractivity contribution in [3.05, 3.63) is 35.9 Å². The molecule has 15 heteroatoms. The van der Waals surface area contributed by atoms with Crippen LogP contribution in [0.1, 0.15) is 45.7 Å². The van der Waals surface area contributed by atoms with Gasteiger partial charge in [0.2, 0.25) is 24.5 Å². The zero-order valence-corrected chi connectivity index (χ0v) is 23.9. The van der Waals surface area contributed by atoms with E-state index < -0.39 is 90.7 Å². The summed E-state index contributed by atoms with van der Waals surface area (Å²) in [6.45, 7) is 5.37. The smallest absolute Gasteiger partial charge is 0.333 e. The van der Waals surface area contributed by atoms with Crippen LogP contribution in [0, 0.1) is 0 Å². The average molecular weight is 595 g/mol. The van der Waals surface area contributed by atoms with E-state index in [0.29, 0.717) is 5.56 Å². The molecule has 13 nitrogen and oxygen atoms in total. The summed E-state index contributed by atoms with van der Waals surface area (Å²) < 4.78 is 33.3. The molecule has 5 rings (SSSR count). The summed E-state index contributed by atoms with van der Waals surface area (Å²) in [7, 11) is -3.80. The number of carbonyl (C=O) groups is 5. The van der Waals surface area contributed by atoms with Crippen LogP contribution in [0.4, 0.5) is 0 Å². The van der Waals surface area contributed by atoms with E-state index in [1.165, 1.54) is 30.5 Å². The van der Waals surface area contributed by atoms with Gasteiger partial charge in [-0.25, -0.2) is 18.0 Å². The zero-order valence-electron chi connectivity index (χ0n) is 22.2. The lowest BCUT2D eigenvalue weighted by Crippen LogP contribution is -2.71. The van der Waals surface area contributed by atoms with Gasteiger partial charge >= 0.3 is 11.9 Å². The van der Waals surface area contributed by atoms with Crippen LogP contribution in [0.15, 0.2) is 30.3 Å². The first-order valence-corrected chi connectivity index (χ1v) is 15.0. The summed E-state index contributed by atoms with van der Waals surface area (Å²) in [5.41, 5.74) is 6.64. The number of fused-ring (bicyclic) bond motifs is 2. The van der Waals surface area contributed by atoms with Crippen LogP contribution in [0.5, 0.6) is 0 Å². The third kappa shape index (κ3) is 4.08. The number of hydrogen-bond donors (Lipinski definition) is 2. The third-order valence-electron chi connectivity index (χ3n) is 8.00. The molecule has 3 amide bonds. The lowest BCUT2D eigenvalue weighted by Gasteiger charge is -2.44. The monoisotopic (exact) mass is 594 g/mol. The Morgan fingerprint density at radius 2 is 1.65 bits per heavy atom. The Bertz CT molecular complexity index is 1400. The summed E-state index contributed by atoms with van der Waals surface area (Å²) in [4.78, 5) is 65.9. The molecular weight excluding hydrogens is 564 g/mol. The minimum Gasteiger partial charge on any atom is -0.426 e. The van der Waals surface area contributed by atoms with Crippen LogP contribution < -0.4 is 11.1 Å². The number of nitrogens with zero attached hydrogens (tertiary/aromatic N) is 2. The van der Waals surface area contributed by atoms with E-state index in [4.69, 9.17) is 15.2 Å². The van der Waals surface area contributed by atoms with Gasteiger partial charge in [0.1, 0.15) is 34.9 Å². The summed E-state index contributed by atoms with van der Waals surface area (Å²) in [5, 5.41) is 1.07. The van der Waals surface area contributed by atoms with Gasteiger partial charge in [-0.05, 0) is 33.3 Å². The molecule has 0 radical (unpaired) electrons. The minimum absolute atomic E-state index is 0.191. The van der Waals surface area contributed by atoms with Crippen LogP contribution in [0.25, 0.3) is 0 Å². The molecule has 0 bridgehead atoms. The fourth-order valence-corrected chi connectivity index (χ4v) is 9.44. The first-order valence-electron chi connectivity index (χ1n) is 12.6. The molecule has 4 saturated heterocycles. The average Bonchev–Trinajstić information content (AvgIpc) is 3.22. The highest BCUT2D eigenvalue weighted by Gasteiger charge is 2.68. The Balaban J connectivity index is 1.19. The van der Waals surface area contributed by atoms with Gasteiger partial charge in [-0.2, -0.15) is 0 Å². The highest BCUT2D eigenvalue weighted by atomic mass is 32.2. The molecule has 3 N–H and O–H groups in total. The number of thioether (sulfide) groups is 1. The number of esters is 2. The molecule has 4 aliphatic rings. The summed E-state index contributed by atoms with van der Waals surface area (Å²) in [5.74, 6) is -3.32. The maximum Gasteiger partial charge on any atom is 0.333 e. The van der Waals surface area contributed by atoms with E-state index in [0.717, 1.165) is 4.90 Å². The van der Waals surface area contributed by atoms with Crippen LogP contribution >= 0.6 is 11.8 Å². The van der Waals surface area contributed by atoms with Gasteiger partial charge in [0.25, 0.3) is 0 Å². The van der Waals surface area contributed by atoms with Crippen molar-refractivity contribution in [2.24, 2.45) is 5.73 Å². The van der Waals surface area contributed by atoms with Gasteiger partial charge in [-0.15, -0.1) is 11.8 Å². The van der Waals surface area contributed by atoms with Crippen molar-refractivity contribution < 1.29 is 41.9 Å². The minimum atomic E-state index is -3.80. The van der Waals surface area contributed by atoms with E-state index in [9.17, 15) is 32.4 Å². The number of β-lactam (4-membered cyclic amide) rings is 2. The van der Waals surface area contributed by atoms with E-state index in [1.54, 1.807) is 44.2 Å². The van der Waals surface area contributed by atoms with Gasteiger partial charge in [0, 0.05) is 4.75 Å². The van der Waals surface area contributed by atoms with Crippen molar-refractivity contribution in [2.75, 3.05) is 6.79 Å². The van der Waals surface area contributed by atoms with Gasteiger partial charge in [-0.1, -0.05) is 30.3 Å². The lowest BCUT2D eigenvalue weighted by molar-refractivity contribution is -0.181. The second kappa shape index (κ2) is 9.45. The quantitative estimate of drug-likeness (QED) is 0.234. The molecule has 40 heavy (non-hydrogen) atoms. The van der Waals surface area contributed by atoms with Gasteiger partial charge < -0.3 is 30.3 Å². The molecule has 4 heterocycles. The van der Waals surface area contributed by atoms with Crippen molar-refractivity contribution in [1.82, 2.24) is 15.1 Å². The molecule has 0 spiro atoms. The number of rotatable bonds is 7. The number of carbonyl (C=O) groups excluding carboxylic acids is 5. The van der Waals surface area contributed by atoms with Crippen molar-refractivity contribution in [1.29, 1.82) is 0 Å². The van der Waals surface area contributed by atoms with Crippen molar-refractivity contribution in [2.45, 2.75) is 78.5 Å². The van der Waals surface area contributed by atoms with Crippen LogP contribution in [0.3, 0.4) is 0 Å². The fraction of sp³-hybridized carbons (Fsp3) is 0.560. The second-order valence-corrected chi connectivity index (χ2v) is 15.6. The topological polar surface area (TPSA) is 182 Å². The molecule has 2 unspecified atom stereocenters. The molecular formula is C25H30N4O9S2. The maximum absolute atomic E-state index is 13.0. The standard InChI is InChI=1S/C25H30N4O9S2/c1-24(2)17(29-20(32)16(21(29)39-24)27-19(31)15(26)12-8-6-5-7-9-12)22(33)37-11-38-23(34)18-25(3,4)40(35,36)14-10-13(30)28(14)18/h5-9,14-18,21H,10-11,26H2,1-4H3,(H,27,31)/t14-,15-,16?,17+,18?,21-/m1/s1. The number of nitrogens with two attached hydrogens (primary N) is 1. The molecule has 4 fully saturated rings. The molecule has 0 aromatic heterocycles. The predicted octanol–water partition coefficient (Wildman–Crippen LogP) is -0.589. The molecule has 0 aliphatic carbocycles. The zero-order chi connectivity index (χ0) is 29.4. The molecule has 1 aromatic rings. The Morgan fingerprint density at radius 1 is 1.05 bits per heavy atom. The number of amides is 3. The molecule has 6 atom stereocenters. The second-order valence-electron chi connectivity index (χ2n) is 11.2. The van der Waals surface area contributed by atoms with E-state index in [-0.39, 0.29) is 6.42 Å². The number of ether oxygens (including phenoxy) is 2. The number of sulfone groups is 1. The SMILES string of the molecule is CC1(C)S[C@@H]2C(NC(=O)[C@H](N)c3ccccc3)C(=O)N2[C@H]1C(=O)OCOC(=O)C1N2C(=O)C[C@H]2S(=O)(=O)C1(C)C. The van der Waals surface area contributed by atoms with Crippen molar-refractivity contribution in [3.8, 4) is 0 Å². The highest BCUT2D eigenvalue weighted by Crippen LogP contribution is 2.51. The highest BCUT2D eigenvalue weighted by molar-refractivity contribution is 8.01. The van der Waals surface area contributed by atoms with Gasteiger partial charge in [0.15, 0.2) is 9.84 Å². The molecule has 1 aromatic carbocycles. The summed E-state index contributed by atoms with van der Waals surface area (Å²) >= 11 is 1.31. The van der Waals surface area contributed by atoms with Crippen molar-refractivity contribution in [3.63, 3.8) is 0 Å². The first-order chi connectivity index (χ1) is 18.6. The maximum atomic E-state index is 13.0. The number of hydrogen-bond acceptors (Lipinski definition) is 11. The van der Waals surface area contributed by atoms with Crippen LogP contribution in [-0.4, -0.2) is 93.0 Å². The Morgan fingerprint density at radius 3 is 2.25 bits per heavy atom. The Labute approximate surface area is 235 Å². The van der Waals surface area contributed by atoms with Crippen molar-refractivity contribution >= 4 is 51.3 Å². The molecule has 4 aliphatic heterocycles. The largest absolute Gasteiger partial charge is 0.426 e. The predicted molar refractivity (Wildman–Crippen MR) is 140 cm³/mol.